The van der Waals surface area contributed by atoms with Crippen molar-refractivity contribution in [3.05, 3.63) is 41.8 Å². The summed E-state index contributed by atoms with van der Waals surface area (Å²) in [6, 6.07) is 5.51. The zero-order valence-electron chi connectivity index (χ0n) is 17.8. The van der Waals surface area contributed by atoms with Crippen molar-refractivity contribution in [1.82, 2.24) is 25.1 Å². The summed E-state index contributed by atoms with van der Waals surface area (Å²) in [5.74, 6) is 0.351. The van der Waals surface area contributed by atoms with E-state index >= 15 is 0 Å². The van der Waals surface area contributed by atoms with Crippen LogP contribution in [-0.2, 0) is 6.54 Å². The molecule has 31 heavy (non-hydrogen) atoms. The molecule has 0 radical (unpaired) electrons. The third kappa shape index (κ3) is 5.15. The van der Waals surface area contributed by atoms with Gasteiger partial charge in [0.1, 0.15) is 11.6 Å². The molecule has 3 heterocycles. The van der Waals surface area contributed by atoms with E-state index in [0.717, 1.165) is 35.1 Å². The van der Waals surface area contributed by atoms with E-state index < -0.39 is 0 Å². The average molecular weight is 443 g/mol. The lowest BCUT2D eigenvalue weighted by atomic mass is 10.1. The maximum atomic E-state index is 13.1. The number of piperidine rings is 1. The van der Waals surface area contributed by atoms with Crippen molar-refractivity contribution in [3.63, 3.8) is 0 Å². The molecule has 1 N–H and O–H groups in total. The molecule has 0 saturated carbocycles. The number of hydrogen-bond acceptors (Lipinski definition) is 6. The van der Waals surface area contributed by atoms with Gasteiger partial charge in [-0.2, -0.15) is 5.10 Å². The van der Waals surface area contributed by atoms with Crippen LogP contribution in [0.15, 0.2) is 35.6 Å². The highest BCUT2D eigenvalue weighted by Gasteiger charge is 2.20. The second kappa shape index (κ2) is 9.64. The van der Waals surface area contributed by atoms with Crippen molar-refractivity contribution in [2.24, 2.45) is 0 Å². The van der Waals surface area contributed by atoms with Crippen LogP contribution in [-0.4, -0.2) is 50.5 Å². The van der Waals surface area contributed by atoms with E-state index in [1.807, 2.05) is 10.9 Å². The minimum atomic E-state index is -0.362. The van der Waals surface area contributed by atoms with Crippen molar-refractivity contribution in [2.75, 3.05) is 24.5 Å². The Morgan fingerprint density at radius 1 is 1.16 bits per heavy atom. The van der Waals surface area contributed by atoms with Gasteiger partial charge in [-0.3, -0.25) is 4.79 Å². The van der Waals surface area contributed by atoms with Crippen LogP contribution in [0.25, 0.3) is 11.0 Å². The summed E-state index contributed by atoms with van der Waals surface area (Å²) >= 11 is 1.64. The number of benzene rings is 1. The highest BCUT2D eigenvalue weighted by molar-refractivity contribution is 7.99. The van der Waals surface area contributed by atoms with Gasteiger partial charge in [0.15, 0.2) is 10.8 Å². The number of nitrogens with one attached hydrogen (secondary N) is 1. The van der Waals surface area contributed by atoms with Crippen LogP contribution < -0.4 is 10.2 Å². The summed E-state index contributed by atoms with van der Waals surface area (Å²) in [5.41, 5.74) is 1.21. The van der Waals surface area contributed by atoms with Gasteiger partial charge in [0.05, 0.1) is 18.1 Å². The van der Waals surface area contributed by atoms with Crippen LogP contribution >= 0.6 is 11.8 Å². The lowest BCUT2D eigenvalue weighted by Gasteiger charge is -2.28. The molecule has 1 fully saturated rings. The van der Waals surface area contributed by atoms with Gasteiger partial charge < -0.3 is 10.2 Å². The van der Waals surface area contributed by atoms with Gasteiger partial charge in [0, 0.05) is 30.4 Å². The molecule has 3 aromatic rings. The molecular weight excluding hydrogens is 415 g/mol. The molecule has 0 bridgehead atoms. The molecule has 1 aliphatic rings. The number of nitrogens with zero attached hydrogens (tertiary/aromatic N) is 5. The normalized spacial score (nSPS) is 14.4. The van der Waals surface area contributed by atoms with Crippen molar-refractivity contribution in [3.8, 4) is 0 Å². The quantitative estimate of drug-likeness (QED) is 0.442. The fourth-order valence-electron chi connectivity index (χ4n) is 3.67. The Morgan fingerprint density at radius 2 is 1.90 bits per heavy atom. The van der Waals surface area contributed by atoms with Crippen molar-refractivity contribution in [1.29, 1.82) is 0 Å². The van der Waals surface area contributed by atoms with Crippen LogP contribution in [0.4, 0.5) is 10.2 Å². The summed E-state index contributed by atoms with van der Waals surface area (Å²) in [6.07, 6.45) is 5.42. The molecule has 2 aromatic heterocycles. The molecule has 7 nitrogen and oxygen atoms in total. The zero-order chi connectivity index (χ0) is 21.8. The maximum absolute atomic E-state index is 13.1. The number of halogens is 1. The Balaban J connectivity index is 1.53. The Hall–Kier alpha value is -2.68. The molecule has 164 valence electrons. The first-order chi connectivity index (χ1) is 15.0. The molecule has 1 saturated heterocycles. The number of carbonyl (C=O) groups is 1. The van der Waals surface area contributed by atoms with Gasteiger partial charge in [-0.05, 0) is 43.5 Å². The smallest absolute Gasteiger partial charge is 0.251 e. The van der Waals surface area contributed by atoms with E-state index in [2.05, 4.69) is 29.2 Å². The molecular formula is C22H27FN6OS. The SMILES string of the molecule is CC(C)Sc1nc(N2CCCCC2)c2cnn(CCNC(=O)c3ccc(F)cc3)c2n1. The average Bonchev–Trinajstić information content (AvgIpc) is 3.16. The molecule has 1 aliphatic heterocycles. The second-order valence-electron chi connectivity index (χ2n) is 7.91. The van der Waals surface area contributed by atoms with E-state index in [1.54, 1.807) is 11.8 Å². The third-order valence-corrected chi connectivity index (χ3v) is 6.03. The van der Waals surface area contributed by atoms with Crippen molar-refractivity contribution in [2.45, 2.75) is 50.1 Å². The minimum Gasteiger partial charge on any atom is -0.356 e. The highest BCUT2D eigenvalue weighted by atomic mass is 32.2. The molecule has 0 unspecified atom stereocenters. The number of amides is 1. The maximum Gasteiger partial charge on any atom is 0.251 e. The largest absolute Gasteiger partial charge is 0.356 e. The first-order valence-electron chi connectivity index (χ1n) is 10.7. The summed E-state index contributed by atoms with van der Waals surface area (Å²) < 4.78 is 14.9. The van der Waals surface area contributed by atoms with E-state index in [4.69, 9.17) is 9.97 Å². The van der Waals surface area contributed by atoms with E-state index in [1.165, 1.54) is 43.5 Å². The fourth-order valence-corrected chi connectivity index (χ4v) is 4.37. The molecule has 0 atom stereocenters. The summed E-state index contributed by atoms with van der Waals surface area (Å²) in [7, 11) is 0. The van der Waals surface area contributed by atoms with Crippen LogP contribution in [0, 0.1) is 5.82 Å². The summed E-state index contributed by atoms with van der Waals surface area (Å²) in [6.45, 7) is 7.12. The molecule has 0 spiro atoms. The van der Waals surface area contributed by atoms with E-state index in [-0.39, 0.29) is 11.7 Å². The Bertz CT molecular complexity index is 1050. The van der Waals surface area contributed by atoms with E-state index in [9.17, 15) is 9.18 Å². The number of fused-ring (bicyclic) bond motifs is 1. The van der Waals surface area contributed by atoms with Gasteiger partial charge in [0.2, 0.25) is 0 Å². The molecule has 1 aromatic carbocycles. The third-order valence-electron chi connectivity index (χ3n) is 5.17. The number of thioether (sulfide) groups is 1. The molecule has 4 rings (SSSR count). The van der Waals surface area contributed by atoms with E-state index in [0.29, 0.717) is 23.9 Å². The second-order valence-corrected chi connectivity index (χ2v) is 9.46. The Labute approximate surface area is 185 Å². The van der Waals surface area contributed by atoms with Crippen LogP contribution in [0.5, 0.6) is 0 Å². The highest BCUT2D eigenvalue weighted by Crippen LogP contribution is 2.30. The number of aromatic nitrogens is 4. The zero-order valence-corrected chi connectivity index (χ0v) is 18.7. The summed E-state index contributed by atoms with van der Waals surface area (Å²) in [4.78, 5) is 24.2. The summed E-state index contributed by atoms with van der Waals surface area (Å²) in [5, 5.41) is 9.46. The predicted molar refractivity (Wildman–Crippen MR) is 121 cm³/mol. The fraction of sp³-hybridized carbons (Fsp3) is 0.455. The molecule has 0 aliphatic carbocycles. The van der Waals surface area contributed by atoms with Gasteiger partial charge in [-0.25, -0.2) is 19.0 Å². The van der Waals surface area contributed by atoms with Crippen molar-refractivity contribution < 1.29 is 9.18 Å². The first kappa shape index (κ1) is 21.5. The molecule has 1 amide bonds. The topological polar surface area (TPSA) is 75.9 Å². The standard InChI is InChI=1S/C22H27FN6OS/c1-15(2)31-22-26-19(28-11-4-3-5-12-28)18-14-25-29(20(18)27-22)13-10-24-21(30)16-6-8-17(23)9-7-16/h6-9,14-15H,3-5,10-13H2,1-2H3,(H,24,30). The monoisotopic (exact) mass is 442 g/mol. The Morgan fingerprint density at radius 3 is 2.61 bits per heavy atom. The molecule has 9 heteroatoms. The van der Waals surface area contributed by atoms with Crippen molar-refractivity contribution >= 4 is 34.5 Å². The van der Waals surface area contributed by atoms with Crippen LogP contribution in [0.2, 0.25) is 0 Å². The lowest BCUT2D eigenvalue weighted by Crippen LogP contribution is -2.30. The number of rotatable bonds is 7. The van der Waals surface area contributed by atoms with Crippen LogP contribution in [0.1, 0.15) is 43.5 Å². The van der Waals surface area contributed by atoms with Gasteiger partial charge in [-0.15, -0.1) is 0 Å². The first-order valence-corrected chi connectivity index (χ1v) is 11.6. The minimum absolute atomic E-state index is 0.240. The number of carbonyl (C=O) groups excluding carboxylic acids is 1. The Kier molecular flexibility index (Phi) is 6.70. The number of hydrogen-bond donors (Lipinski definition) is 1. The number of anilines is 1. The van der Waals surface area contributed by atoms with Crippen LogP contribution in [0.3, 0.4) is 0 Å². The predicted octanol–water partition coefficient (Wildman–Crippen LogP) is 3.89. The van der Waals surface area contributed by atoms with Gasteiger partial charge in [0.25, 0.3) is 5.91 Å². The lowest BCUT2D eigenvalue weighted by molar-refractivity contribution is 0.0952. The van der Waals surface area contributed by atoms with Gasteiger partial charge >= 0.3 is 0 Å². The van der Waals surface area contributed by atoms with Gasteiger partial charge in [-0.1, -0.05) is 25.6 Å².